The standard InChI is InChI=1S/C44H54N16O10/c45-44(46)49-20-6-9-30-40(67)51-24-36(64)53-33(22-37(65)66)43(70)56-32(21-25-12-15-27(61)16-13-25)42(69)55-31(41(68)54-30)8-2-4-19-48-34(62)10-5-11-35(63)52-26-14-17-29(50-23-26)39-59-57-38(58-60-39)28-7-1-3-18-47-28/h1,3,7,12-18,23,30-33,61H,2,4-6,8-11,19-22,24H2,(H,48,62)(H,51,67)(H,52,63)(H,53,64)(H,54,68)(H,55,69)(H,56,70)(H,65,66)(H4,45,46,49)/t30-,31-,32+,33-/m0/s1. The SMILES string of the molecule is NC(N)=NCCC[C@@H]1NC(=O)[C@H](CCCCNC(=O)CCCC(=O)Nc2ccc(-c3nnc(-c4ccccn4)nn3)nc2)NC(=O)[C@@H](Cc2ccc(O)cc2)NC(=O)[C@H](CC(=O)O)NC(=O)CNC1=O. The number of aromatic hydroxyl groups is 1. The number of pyridine rings is 2. The van der Waals surface area contributed by atoms with Gasteiger partial charge >= 0.3 is 5.97 Å². The van der Waals surface area contributed by atoms with Gasteiger partial charge in [-0.2, -0.15) is 0 Å². The van der Waals surface area contributed by atoms with Crippen molar-refractivity contribution in [1.82, 2.24) is 62.3 Å². The second-order valence-corrected chi connectivity index (χ2v) is 15.9. The molecule has 0 unspecified atom stereocenters. The average molecular weight is 967 g/mol. The summed E-state index contributed by atoms with van der Waals surface area (Å²) < 4.78 is 0. The van der Waals surface area contributed by atoms with Gasteiger partial charge in [0, 0.05) is 38.5 Å². The molecule has 5 rings (SSSR count). The lowest BCUT2D eigenvalue weighted by Crippen LogP contribution is -2.58. The first-order valence-corrected chi connectivity index (χ1v) is 22.2. The van der Waals surface area contributed by atoms with Crippen molar-refractivity contribution in [2.45, 2.75) is 88.4 Å². The van der Waals surface area contributed by atoms with Crippen LogP contribution in [0.15, 0.2) is 72.0 Å². The number of nitrogens with one attached hydrogen (secondary N) is 7. The Morgan fingerprint density at radius 1 is 0.686 bits per heavy atom. The molecule has 1 aliphatic heterocycles. The van der Waals surface area contributed by atoms with E-state index in [1.54, 1.807) is 36.5 Å². The van der Waals surface area contributed by atoms with Crippen LogP contribution in [0.3, 0.4) is 0 Å². The van der Waals surface area contributed by atoms with Crippen LogP contribution in [-0.2, 0) is 44.8 Å². The van der Waals surface area contributed by atoms with Crippen molar-refractivity contribution in [2.75, 3.05) is 25.0 Å². The third kappa shape index (κ3) is 17.5. The summed E-state index contributed by atoms with van der Waals surface area (Å²) in [7, 11) is 0. The number of aliphatic imine (C=N–C) groups is 1. The van der Waals surface area contributed by atoms with Crippen LogP contribution in [-0.4, -0.2) is 138 Å². The Balaban J connectivity index is 1.16. The molecule has 0 spiro atoms. The molecule has 13 N–H and O–H groups in total. The molecule has 4 aromatic rings. The van der Waals surface area contributed by atoms with Crippen molar-refractivity contribution in [3.8, 4) is 28.8 Å². The number of rotatable bonds is 20. The number of carbonyl (C=O) groups excluding carboxylic acids is 7. The minimum atomic E-state index is -1.66. The molecule has 0 aliphatic carbocycles. The van der Waals surface area contributed by atoms with E-state index in [2.05, 4.69) is 72.6 Å². The molecule has 1 fully saturated rings. The number of unbranched alkanes of at least 4 members (excludes halogenated alkanes) is 1. The quantitative estimate of drug-likeness (QED) is 0.0268. The summed E-state index contributed by atoms with van der Waals surface area (Å²) in [5.41, 5.74) is 12.6. The van der Waals surface area contributed by atoms with Crippen molar-refractivity contribution in [1.29, 1.82) is 0 Å². The van der Waals surface area contributed by atoms with Gasteiger partial charge in [-0.05, 0) is 80.5 Å². The van der Waals surface area contributed by atoms with E-state index in [1.807, 2.05) is 0 Å². The van der Waals surface area contributed by atoms with Gasteiger partial charge in [-0.15, -0.1) is 20.4 Å². The molecule has 3 aromatic heterocycles. The summed E-state index contributed by atoms with van der Waals surface area (Å²) >= 11 is 0. The summed E-state index contributed by atoms with van der Waals surface area (Å²) in [6.07, 6.45) is 3.08. The number of hydrogen-bond donors (Lipinski definition) is 11. The molecule has 1 aliphatic rings. The van der Waals surface area contributed by atoms with Crippen molar-refractivity contribution in [2.24, 2.45) is 16.5 Å². The number of aromatic nitrogens is 6. The molecule has 1 saturated heterocycles. The smallest absolute Gasteiger partial charge is 0.305 e. The minimum Gasteiger partial charge on any atom is -0.508 e. The van der Waals surface area contributed by atoms with Crippen LogP contribution >= 0.6 is 0 Å². The zero-order valence-electron chi connectivity index (χ0n) is 37.8. The number of anilines is 1. The Labute approximate surface area is 400 Å². The molecule has 0 saturated carbocycles. The molecule has 4 atom stereocenters. The van der Waals surface area contributed by atoms with E-state index in [1.165, 1.54) is 30.5 Å². The Morgan fingerprint density at radius 2 is 1.31 bits per heavy atom. The van der Waals surface area contributed by atoms with Crippen LogP contribution in [0.2, 0.25) is 0 Å². The maximum Gasteiger partial charge on any atom is 0.305 e. The number of carboxylic acid groups (broad SMARTS) is 1. The third-order valence-corrected chi connectivity index (χ3v) is 10.4. The van der Waals surface area contributed by atoms with Gasteiger partial charge in [-0.1, -0.05) is 18.2 Å². The van der Waals surface area contributed by atoms with E-state index in [-0.39, 0.29) is 99.6 Å². The van der Waals surface area contributed by atoms with Crippen LogP contribution in [0.1, 0.15) is 63.4 Å². The van der Waals surface area contributed by atoms with Gasteiger partial charge in [0.2, 0.25) is 53.0 Å². The highest BCUT2D eigenvalue weighted by molar-refractivity contribution is 5.98. The van der Waals surface area contributed by atoms with E-state index in [0.717, 1.165) is 0 Å². The fraction of sp³-hybridized carbons (Fsp3) is 0.386. The first-order valence-electron chi connectivity index (χ1n) is 22.2. The highest BCUT2D eigenvalue weighted by atomic mass is 16.4. The Hall–Kier alpha value is -8.71. The van der Waals surface area contributed by atoms with Gasteiger partial charge in [0.05, 0.1) is 24.8 Å². The van der Waals surface area contributed by atoms with E-state index in [4.69, 9.17) is 11.5 Å². The third-order valence-electron chi connectivity index (χ3n) is 10.4. The van der Waals surface area contributed by atoms with E-state index in [9.17, 15) is 48.6 Å². The lowest BCUT2D eigenvalue weighted by Gasteiger charge is -2.26. The molecule has 0 bridgehead atoms. The number of carbonyl (C=O) groups is 8. The molecule has 7 amide bonds. The minimum absolute atomic E-state index is 0.00409. The Kier molecular flexibility index (Phi) is 19.8. The summed E-state index contributed by atoms with van der Waals surface area (Å²) in [6.45, 7) is -0.423. The van der Waals surface area contributed by atoms with Crippen LogP contribution in [0.25, 0.3) is 23.0 Å². The summed E-state index contributed by atoms with van der Waals surface area (Å²) in [4.78, 5) is 117. The van der Waals surface area contributed by atoms with Gasteiger partial charge in [0.25, 0.3) is 0 Å². The molecular formula is C44H54N16O10. The number of benzene rings is 1. The molecule has 370 valence electrons. The topological polar surface area (TPSA) is 403 Å². The van der Waals surface area contributed by atoms with Crippen LogP contribution < -0.4 is 48.7 Å². The first kappa shape index (κ1) is 52.3. The maximum absolute atomic E-state index is 14.0. The maximum atomic E-state index is 14.0. The predicted molar refractivity (Wildman–Crippen MR) is 248 cm³/mol. The number of carboxylic acids is 1. The lowest BCUT2D eigenvalue weighted by atomic mass is 10.0. The number of guanidine groups is 1. The molecule has 1 aromatic carbocycles. The fourth-order valence-corrected chi connectivity index (χ4v) is 6.81. The van der Waals surface area contributed by atoms with Crippen LogP contribution in [0, 0.1) is 0 Å². The number of phenolic OH excluding ortho intramolecular Hbond substituents is 1. The van der Waals surface area contributed by atoms with Crippen LogP contribution in [0.4, 0.5) is 5.69 Å². The Morgan fingerprint density at radius 3 is 1.96 bits per heavy atom. The summed E-state index contributed by atoms with van der Waals surface area (Å²) in [5, 5.41) is 53.5. The van der Waals surface area contributed by atoms with Crippen molar-refractivity contribution >= 4 is 59.0 Å². The predicted octanol–water partition coefficient (Wildman–Crippen LogP) is -1.67. The number of nitrogens with two attached hydrogens (primary N) is 2. The molecule has 26 nitrogen and oxygen atoms in total. The van der Waals surface area contributed by atoms with Gasteiger partial charge in [0.1, 0.15) is 41.3 Å². The molecule has 70 heavy (non-hydrogen) atoms. The number of phenols is 1. The largest absolute Gasteiger partial charge is 0.508 e. The van der Waals surface area contributed by atoms with Crippen LogP contribution in [0.5, 0.6) is 5.75 Å². The molecule has 0 radical (unpaired) electrons. The van der Waals surface area contributed by atoms with Gasteiger partial charge < -0.3 is 58.9 Å². The highest BCUT2D eigenvalue weighted by Crippen LogP contribution is 2.17. The normalized spacial score (nSPS) is 17.7. The lowest BCUT2D eigenvalue weighted by molar-refractivity contribution is -0.141. The second-order valence-electron chi connectivity index (χ2n) is 15.9. The van der Waals surface area contributed by atoms with E-state index < -0.39 is 72.6 Å². The van der Waals surface area contributed by atoms with Gasteiger partial charge in [0.15, 0.2) is 5.96 Å². The number of amides is 7. The highest BCUT2D eigenvalue weighted by Gasteiger charge is 2.33. The van der Waals surface area contributed by atoms with E-state index >= 15 is 0 Å². The number of aliphatic carboxylic acids is 1. The molecule has 26 heteroatoms. The average Bonchev–Trinajstić information content (AvgIpc) is 3.34. The first-order chi connectivity index (χ1) is 33.6. The van der Waals surface area contributed by atoms with E-state index in [0.29, 0.717) is 29.1 Å². The Bertz CT molecular complexity index is 2480. The van der Waals surface area contributed by atoms with Crippen molar-refractivity contribution in [3.05, 3.63) is 72.6 Å². The van der Waals surface area contributed by atoms with Gasteiger partial charge in [-0.3, -0.25) is 53.3 Å². The summed E-state index contributed by atoms with van der Waals surface area (Å²) in [6, 6.07) is 8.56. The van der Waals surface area contributed by atoms with Crippen molar-refractivity contribution < 1.29 is 48.6 Å². The number of hydrogen-bond acceptors (Lipinski definition) is 16. The summed E-state index contributed by atoms with van der Waals surface area (Å²) in [5.74, 6) is -6.33. The van der Waals surface area contributed by atoms with Crippen molar-refractivity contribution in [3.63, 3.8) is 0 Å². The van der Waals surface area contributed by atoms with Gasteiger partial charge in [-0.25, -0.2) is 0 Å². The second kappa shape index (κ2) is 26.6. The molecule has 4 heterocycles. The molecular weight excluding hydrogens is 913 g/mol. The number of nitrogens with zero attached hydrogens (tertiary/aromatic N) is 7. The fourth-order valence-electron chi connectivity index (χ4n) is 6.81. The monoisotopic (exact) mass is 966 g/mol. The zero-order chi connectivity index (χ0) is 50.4. The zero-order valence-corrected chi connectivity index (χ0v) is 37.8.